The summed E-state index contributed by atoms with van der Waals surface area (Å²) in [5.41, 5.74) is 5.48. The Bertz CT molecular complexity index is 923. The zero-order valence-corrected chi connectivity index (χ0v) is 15.2. The highest BCUT2D eigenvalue weighted by molar-refractivity contribution is 5.56. The fourth-order valence-corrected chi connectivity index (χ4v) is 3.38. The fourth-order valence-electron chi connectivity index (χ4n) is 3.38. The molecule has 0 aromatic carbocycles. The number of nitrogens with one attached hydrogen (secondary N) is 1. The van der Waals surface area contributed by atoms with Gasteiger partial charge >= 0.3 is 0 Å². The van der Waals surface area contributed by atoms with Gasteiger partial charge in [-0.3, -0.25) is 4.98 Å². The van der Waals surface area contributed by atoms with Gasteiger partial charge in [0.1, 0.15) is 11.6 Å². The number of rotatable bonds is 4. The number of aryl methyl sites for hydroxylation is 3. The number of fused-ring (bicyclic) bond motifs is 1. The van der Waals surface area contributed by atoms with Crippen LogP contribution in [0.25, 0.3) is 11.4 Å². The minimum Gasteiger partial charge on any atom is -0.363 e. The SMILES string of the molecule is Cc1cc(NCc2nc(C)c3c(n2)CCCC3)nc(-c2cccnc2)n1. The molecule has 132 valence electrons. The highest BCUT2D eigenvalue weighted by atomic mass is 15.1. The van der Waals surface area contributed by atoms with Crippen molar-refractivity contribution in [3.05, 3.63) is 59.1 Å². The molecule has 3 heterocycles. The van der Waals surface area contributed by atoms with Gasteiger partial charge in [0.2, 0.25) is 0 Å². The smallest absolute Gasteiger partial charge is 0.163 e. The minimum absolute atomic E-state index is 0.553. The summed E-state index contributed by atoms with van der Waals surface area (Å²) in [5.74, 6) is 2.26. The van der Waals surface area contributed by atoms with Crippen LogP contribution in [0.3, 0.4) is 0 Å². The Labute approximate surface area is 153 Å². The highest BCUT2D eigenvalue weighted by Gasteiger charge is 2.15. The van der Waals surface area contributed by atoms with Crippen LogP contribution in [0.1, 0.15) is 41.3 Å². The second kappa shape index (κ2) is 7.15. The normalized spacial score (nSPS) is 13.3. The lowest BCUT2D eigenvalue weighted by molar-refractivity contribution is 0.648. The Balaban J connectivity index is 1.55. The van der Waals surface area contributed by atoms with E-state index in [4.69, 9.17) is 4.98 Å². The van der Waals surface area contributed by atoms with Crippen LogP contribution in [0.2, 0.25) is 0 Å². The summed E-state index contributed by atoms with van der Waals surface area (Å²) >= 11 is 0. The van der Waals surface area contributed by atoms with E-state index < -0.39 is 0 Å². The molecular formula is C20H22N6. The Morgan fingerprint density at radius 2 is 1.92 bits per heavy atom. The predicted octanol–water partition coefficient (Wildman–Crippen LogP) is 3.44. The Hall–Kier alpha value is -2.89. The van der Waals surface area contributed by atoms with E-state index in [-0.39, 0.29) is 0 Å². The Morgan fingerprint density at radius 1 is 1.04 bits per heavy atom. The van der Waals surface area contributed by atoms with E-state index in [1.807, 2.05) is 25.1 Å². The molecule has 1 aliphatic rings. The third-order valence-corrected chi connectivity index (χ3v) is 4.64. The van der Waals surface area contributed by atoms with E-state index in [1.165, 1.54) is 24.1 Å². The van der Waals surface area contributed by atoms with E-state index in [2.05, 4.69) is 32.2 Å². The molecule has 4 rings (SSSR count). The molecule has 0 saturated carbocycles. The average Bonchev–Trinajstić information content (AvgIpc) is 2.67. The average molecular weight is 346 g/mol. The number of hydrogen-bond acceptors (Lipinski definition) is 6. The van der Waals surface area contributed by atoms with Crippen LogP contribution in [0.5, 0.6) is 0 Å². The van der Waals surface area contributed by atoms with Crippen LogP contribution in [0.15, 0.2) is 30.6 Å². The lowest BCUT2D eigenvalue weighted by Crippen LogP contribution is -2.14. The maximum atomic E-state index is 4.77. The lowest BCUT2D eigenvalue weighted by atomic mass is 9.95. The molecule has 0 fully saturated rings. The van der Waals surface area contributed by atoms with Crippen molar-refractivity contribution in [3.8, 4) is 11.4 Å². The maximum absolute atomic E-state index is 4.77. The largest absolute Gasteiger partial charge is 0.363 e. The summed E-state index contributed by atoms with van der Waals surface area (Å²) in [7, 11) is 0. The first-order valence-electron chi connectivity index (χ1n) is 9.04. The fraction of sp³-hybridized carbons (Fsp3) is 0.350. The molecule has 3 aromatic heterocycles. The summed E-state index contributed by atoms with van der Waals surface area (Å²) in [6, 6.07) is 5.78. The molecule has 1 N–H and O–H groups in total. The van der Waals surface area contributed by atoms with Gasteiger partial charge in [0, 0.05) is 41.1 Å². The van der Waals surface area contributed by atoms with Crippen LogP contribution in [0, 0.1) is 13.8 Å². The quantitative estimate of drug-likeness (QED) is 0.780. The zero-order valence-electron chi connectivity index (χ0n) is 15.2. The highest BCUT2D eigenvalue weighted by Crippen LogP contribution is 2.22. The number of aromatic nitrogens is 5. The summed E-state index contributed by atoms with van der Waals surface area (Å²) in [6.45, 7) is 4.61. The molecule has 1 aliphatic carbocycles. The van der Waals surface area contributed by atoms with Crippen molar-refractivity contribution in [2.45, 2.75) is 46.1 Å². The zero-order chi connectivity index (χ0) is 17.9. The topological polar surface area (TPSA) is 76.5 Å². The molecule has 6 heteroatoms. The van der Waals surface area contributed by atoms with Crippen molar-refractivity contribution >= 4 is 5.82 Å². The van der Waals surface area contributed by atoms with Gasteiger partial charge in [0.05, 0.1) is 6.54 Å². The van der Waals surface area contributed by atoms with E-state index >= 15 is 0 Å². The second-order valence-electron chi connectivity index (χ2n) is 6.67. The molecule has 26 heavy (non-hydrogen) atoms. The van der Waals surface area contributed by atoms with Gasteiger partial charge in [-0.2, -0.15) is 0 Å². The van der Waals surface area contributed by atoms with Gasteiger partial charge in [0.25, 0.3) is 0 Å². The lowest BCUT2D eigenvalue weighted by Gasteiger charge is -2.17. The monoisotopic (exact) mass is 346 g/mol. The molecule has 0 amide bonds. The summed E-state index contributed by atoms with van der Waals surface area (Å²) in [4.78, 5) is 22.7. The second-order valence-corrected chi connectivity index (χ2v) is 6.67. The molecule has 0 spiro atoms. The third-order valence-electron chi connectivity index (χ3n) is 4.64. The standard InChI is InChI=1S/C20H22N6/c1-13-10-18(26-20(23-13)15-6-5-9-21-11-15)22-12-19-24-14(2)16-7-3-4-8-17(16)25-19/h5-6,9-11H,3-4,7-8,12H2,1-2H3,(H,22,23,26). The number of nitrogens with zero attached hydrogens (tertiary/aromatic N) is 5. The molecule has 0 unspecified atom stereocenters. The maximum Gasteiger partial charge on any atom is 0.163 e. The first kappa shape index (κ1) is 16.6. The van der Waals surface area contributed by atoms with E-state index in [0.29, 0.717) is 12.4 Å². The van der Waals surface area contributed by atoms with E-state index in [0.717, 1.165) is 41.4 Å². The molecule has 3 aromatic rings. The molecule has 6 nitrogen and oxygen atoms in total. The Kier molecular flexibility index (Phi) is 4.56. The van der Waals surface area contributed by atoms with Gasteiger partial charge in [-0.15, -0.1) is 0 Å². The molecule has 0 atom stereocenters. The van der Waals surface area contributed by atoms with Gasteiger partial charge in [-0.05, 0) is 57.2 Å². The molecule has 0 saturated heterocycles. The van der Waals surface area contributed by atoms with Crippen LogP contribution in [-0.4, -0.2) is 24.9 Å². The van der Waals surface area contributed by atoms with Crippen molar-refractivity contribution < 1.29 is 0 Å². The van der Waals surface area contributed by atoms with Crippen molar-refractivity contribution in [1.29, 1.82) is 0 Å². The minimum atomic E-state index is 0.553. The van der Waals surface area contributed by atoms with E-state index in [9.17, 15) is 0 Å². The van der Waals surface area contributed by atoms with Crippen molar-refractivity contribution in [2.75, 3.05) is 5.32 Å². The van der Waals surface area contributed by atoms with Gasteiger partial charge in [-0.25, -0.2) is 19.9 Å². The first-order valence-corrected chi connectivity index (χ1v) is 9.04. The number of hydrogen-bond donors (Lipinski definition) is 1. The molecule has 0 bridgehead atoms. The van der Waals surface area contributed by atoms with Crippen molar-refractivity contribution in [1.82, 2.24) is 24.9 Å². The Morgan fingerprint density at radius 3 is 2.77 bits per heavy atom. The molecule has 0 aliphatic heterocycles. The molecule has 0 radical (unpaired) electrons. The van der Waals surface area contributed by atoms with Crippen LogP contribution >= 0.6 is 0 Å². The van der Waals surface area contributed by atoms with Crippen LogP contribution in [-0.2, 0) is 19.4 Å². The van der Waals surface area contributed by atoms with Gasteiger partial charge < -0.3 is 5.32 Å². The third kappa shape index (κ3) is 3.54. The predicted molar refractivity (Wildman–Crippen MR) is 101 cm³/mol. The van der Waals surface area contributed by atoms with Gasteiger partial charge in [-0.1, -0.05) is 0 Å². The van der Waals surface area contributed by atoms with Crippen molar-refractivity contribution in [3.63, 3.8) is 0 Å². The van der Waals surface area contributed by atoms with Crippen molar-refractivity contribution in [2.24, 2.45) is 0 Å². The summed E-state index contributed by atoms with van der Waals surface area (Å²) < 4.78 is 0. The van der Waals surface area contributed by atoms with Crippen LogP contribution < -0.4 is 5.32 Å². The van der Waals surface area contributed by atoms with E-state index in [1.54, 1.807) is 12.4 Å². The van der Waals surface area contributed by atoms with Crippen LogP contribution in [0.4, 0.5) is 5.82 Å². The molecular weight excluding hydrogens is 324 g/mol. The summed E-state index contributed by atoms with van der Waals surface area (Å²) in [6.07, 6.45) is 8.14. The number of pyridine rings is 1. The summed E-state index contributed by atoms with van der Waals surface area (Å²) in [5, 5.41) is 3.35. The number of anilines is 1. The van der Waals surface area contributed by atoms with Gasteiger partial charge in [0.15, 0.2) is 5.82 Å². The first-order chi connectivity index (χ1) is 12.7.